The molecule has 2 aromatic carbocycles. The number of hydrogen-bond acceptors (Lipinski definition) is 7. The molecule has 4 rings (SSSR count). The molecule has 35 heavy (non-hydrogen) atoms. The molecular weight excluding hydrogens is 580 g/mol. The lowest BCUT2D eigenvalue weighted by Crippen LogP contribution is -2.42. The minimum atomic E-state index is -1.33. The number of cyclic esters (lactones) is 2. The van der Waals surface area contributed by atoms with E-state index in [4.69, 9.17) is 13.9 Å². The standard InChI is InChI=1S/C26H22Br2N2O5/c1-26(2)34-24(31)21(25(32)35-26)14-16(15-29-19-9-5-17(27)6-10-19)23(22-4-3-13-33-22)30-20-11-7-18(28)8-12-20/h3-15,23,29-30H,1-2H3/b16-15-/t23-/m0/s1. The molecule has 1 aliphatic rings. The maximum Gasteiger partial charge on any atom is 0.348 e. The van der Waals surface area contributed by atoms with Crippen molar-refractivity contribution in [3.63, 3.8) is 0 Å². The van der Waals surface area contributed by atoms with Gasteiger partial charge in [-0.2, -0.15) is 0 Å². The maximum atomic E-state index is 12.7. The Hall–Kier alpha value is -3.30. The van der Waals surface area contributed by atoms with Gasteiger partial charge in [-0.3, -0.25) is 0 Å². The Morgan fingerprint density at radius 2 is 1.46 bits per heavy atom. The predicted molar refractivity (Wildman–Crippen MR) is 139 cm³/mol. The topological polar surface area (TPSA) is 89.8 Å². The number of carbonyl (C=O) groups excluding carboxylic acids is 2. The van der Waals surface area contributed by atoms with Crippen molar-refractivity contribution in [2.24, 2.45) is 0 Å². The fourth-order valence-corrected chi connectivity index (χ4v) is 3.88. The highest BCUT2D eigenvalue weighted by Gasteiger charge is 2.39. The molecule has 2 N–H and O–H groups in total. The first-order chi connectivity index (χ1) is 16.7. The van der Waals surface area contributed by atoms with Gasteiger partial charge < -0.3 is 24.5 Å². The minimum Gasteiger partial charge on any atom is -0.467 e. The third-order valence-electron chi connectivity index (χ3n) is 4.99. The number of nitrogens with one attached hydrogen (secondary N) is 2. The normalized spacial score (nSPS) is 16.2. The lowest BCUT2D eigenvalue weighted by molar-refractivity contribution is -0.222. The van der Waals surface area contributed by atoms with Crippen LogP contribution in [0.2, 0.25) is 0 Å². The second kappa shape index (κ2) is 10.5. The van der Waals surface area contributed by atoms with Crippen molar-refractivity contribution in [2.75, 3.05) is 10.6 Å². The summed E-state index contributed by atoms with van der Waals surface area (Å²) in [4.78, 5) is 25.4. The van der Waals surface area contributed by atoms with Crippen LogP contribution in [0.3, 0.4) is 0 Å². The van der Waals surface area contributed by atoms with Gasteiger partial charge in [0.05, 0.1) is 6.26 Å². The van der Waals surface area contributed by atoms with Crippen molar-refractivity contribution in [1.29, 1.82) is 0 Å². The fraction of sp³-hybridized carbons (Fsp3) is 0.154. The van der Waals surface area contributed by atoms with E-state index in [0.717, 1.165) is 20.3 Å². The van der Waals surface area contributed by atoms with Crippen LogP contribution in [-0.2, 0) is 19.1 Å². The smallest absolute Gasteiger partial charge is 0.348 e. The summed E-state index contributed by atoms with van der Waals surface area (Å²) in [5.41, 5.74) is 1.93. The average Bonchev–Trinajstić information content (AvgIpc) is 3.33. The van der Waals surface area contributed by atoms with Crippen LogP contribution in [0.4, 0.5) is 11.4 Å². The van der Waals surface area contributed by atoms with E-state index in [1.54, 1.807) is 18.5 Å². The molecular formula is C26H22Br2N2O5. The first-order valence-corrected chi connectivity index (χ1v) is 12.2. The van der Waals surface area contributed by atoms with Gasteiger partial charge in [-0.15, -0.1) is 0 Å². The summed E-state index contributed by atoms with van der Waals surface area (Å²) in [5.74, 6) is -2.28. The molecule has 0 amide bonds. The van der Waals surface area contributed by atoms with Crippen molar-refractivity contribution in [1.82, 2.24) is 0 Å². The Bertz CT molecular complexity index is 1240. The Labute approximate surface area is 219 Å². The molecule has 1 fully saturated rings. The van der Waals surface area contributed by atoms with Gasteiger partial charge in [-0.05, 0) is 72.3 Å². The summed E-state index contributed by atoms with van der Waals surface area (Å²) in [6.07, 6.45) is 4.71. The molecule has 180 valence electrons. The average molecular weight is 602 g/mol. The molecule has 0 spiro atoms. The van der Waals surface area contributed by atoms with Crippen LogP contribution < -0.4 is 10.6 Å². The number of carbonyl (C=O) groups is 2. The summed E-state index contributed by atoms with van der Waals surface area (Å²) in [6, 6.07) is 18.2. The lowest BCUT2D eigenvalue weighted by atomic mass is 10.0. The molecule has 3 aromatic rings. The molecule has 7 nitrogen and oxygen atoms in total. The minimum absolute atomic E-state index is 0.220. The van der Waals surface area contributed by atoms with Crippen molar-refractivity contribution in [3.05, 3.63) is 105 Å². The van der Waals surface area contributed by atoms with E-state index in [1.807, 2.05) is 54.6 Å². The summed E-state index contributed by atoms with van der Waals surface area (Å²) < 4.78 is 18.1. The Morgan fingerprint density at radius 1 is 0.886 bits per heavy atom. The number of ether oxygens (including phenoxy) is 2. The summed E-state index contributed by atoms with van der Waals surface area (Å²) in [7, 11) is 0. The quantitative estimate of drug-likeness (QED) is 0.177. The molecule has 1 saturated heterocycles. The second-order valence-electron chi connectivity index (χ2n) is 8.13. The van der Waals surface area contributed by atoms with Crippen molar-refractivity contribution < 1.29 is 23.5 Å². The highest BCUT2D eigenvalue weighted by atomic mass is 79.9. The van der Waals surface area contributed by atoms with E-state index >= 15 is 0 Å². The number of furan rings is 1. The largest absolute Gasteiger partial charge is 0.467 e. The Balaban J connectivity index is 1.76. The number of anilines is 2. The number of esters is 2. The van der Waals surface area contributed by atoms with Gasteiger partial charge in [0.2, 0.25) is 0 Å². The Kier molecular flexibility index (Phi) is 7.47. The number of benzene rings is 2. The Morgan fingerprint density at radius 3 is 2.00 bits per heavy atom. The molecule has 9 heteroatoms. The zero-order valence-electron chi connectivity index (χ0n) is 18.9. The zero-order valence-corrected chi connectivity index (χ0v) is 22.1. The van der Waals surface area contributed by atoms with E-state index in [9.17, 15) is 9.59 Å². The van der Waals surface area contributed by atoms with Crippen LogP contribution in [-0.4, -0.2) is 17.7 Å². The summed E-state index contributed by atoms with van der Waals surface area (Å²) in [6.45, 7) is 3.01. The van der Waals surface area contributed by atoms with Crippen LogP contribution >= 0.6 is 31.9 Å². The van der Waals surface area contributed by atoms with Crippen LogP contribution in [0.15, 0.2) is 104 Å². The maximum absolute atomic E-state index is 12.7. The second-order valence-corrected chi connectivity index (χ2v) is 9.96. The SMILES string of the molecule is CC1(C)OC(=O)C(=C/C(=C/Nc2ccc(Br)cc2)[C@H](Nc2ccc(Br)cc2)c2ccco2)C(=O)O1. The molecule has 0 radical (unpaired) electrons. The fourth-order valence-electron chi connectivity index (χ4n) is 3.35. The highest BCUT2D eigenvalue weighted by molar-refractivity contribution is 9.10. The van der Waals surface area contributed by atoms with Gasteiger partial charge in [-0.1, -0.05) is 31.9 Å². The van der Waals surface area contributed by atoms with Gasteiger partial charge in [0, 0.05) is 40.4 Å². The predicted octanol–water partition coefficient (Wildman–Crippen LogP) is 6.72. The third kappa shape index (κ3) is 6.43. The summed E-state index contributed by atoms with van der Waals surface area (Å²) >= 11 is 6.86. The summed E-state index contributed by atoms with van der Waals surface area (Å²) in [5, 5.41) is 6.63. The number of halogens is 2. The number of rotatable bonds is 7. The van der Waals surface area contributed by atoms with Gasteiger partial charge in [0.15, 0.2) is 0 Å². The third-order valence-corrected chi connectivity index (χ3v) is 6.05. The number of hydrogen-bond donors (Lipinski definition) is 2. The van der Waals surface area contributed by atoms with Crippen LogP contribution in [0, 0.1) is 0 Å². The molecule has 1 aliphatic heterocycles. The van der Waals surface area contributed by atoms with Crippen molar-refractivity contribution in [3.8, 4) is 0 Å². The molecule has 0 aliphatic carbocycles. The van der Waals surface area contributed by atoms with E-state index in [0.29, 0.717) is 11.3 Å². The van der Waals surface area contributed by atoms with E-state index < -0.39 is 23.8 Å². The molecule has 0 saturated carbocycles. The highest BCUT2D eigenvalue weighted by Crippen LogP contribution is 2.32. The molecule has 0 bridgehead atoms. The van der Waals surface area contributed by atoms with Gasteiger partial charge in [0.1, 0.15) is 17.4 Å². The zero-order chi connectivity index (χ0) is 25.0. The van der Waals surface area contributed by atoms with Gasteiger partial charge >= 0.3 is 11.9 Å². The van der Waals surface area contributed by atoms with E-state index in [-0.39, 0.29) is 5.57 Å². The molecule has 1 aromatic heterocycles. The molecule has 0 unspecified atom stereocenters. The molecule has 1 atom stereocenters. The van der Waals surface area contributed by atoms with Gasteiger partial charge in [-0.25, -0.2) is 9.59 Å². The monoisotopic (exact) mass is 600 g/mol. The van der Waals surface area contributed by atoms with E-state index in [1.165, 1.54) is 19.9 Å². The van der Waals surface area contributed by atoms with Crippen molar-refractivity contribution >= 4 is 55.2 Å². The lowest BCUT2D eigenvalue weighted by Gasteiger charge is -2.30. The van der Waals surface area contributed by atoms with Crippen molar-refractivity contribution in [2.45, 2.75) is 25.7 Å². The first-order valence-electron chi connectivity index (χ1n) is 10.7. The van der Waals surface area contributed by atoms with Crippen LogP contribution in [0.1, 0.15) is 25.6 Å². The molecule has 2 heterocycles. The van der Waals surface area contributed by atoms with Crippen LogP contribution in [0.5, 0.6) is 0 Å². The van der Waals surface area contributed by atoms with Crippen LogP contribution in [0.25, 0.3) is 0 Å². The van der Waals surface area contributed by atoms with E-state index in [2.05, 4.69) is 42.5 Å². The van der Waals surface area contributed by atoms with Gasteiger partial charge in [0.25, 0.3) is 5.79 Å². The first kappa shape index (κ1) is 24.8.